The van der Waals surface area contributed by atoms with Crippen molar-refractivity contribution in [3.05, 3.63) is 42.6 Å². The van der Waals surface area contributed by atoms with Gasteiger partial charge in [-0.15, -0.1) is 0 Å². The van der Waals surface area contributed by atoms with Crippen LogP contribution in [0.3, 0.4) is 0 Å². The second kappa shape index (κ2) is 7.18. The van der Waals surface area contributed by atoms with Crippen molar-refractivity contribution in [2.45, 2.75) is 12.5 Å². The average Bonchev–Trinajstić information content (AvgIpc) is 3.04. The molecular weight excluding hydrogens is 310 g/mol. The highest BCUT2D eigenvalue weighted by molar-refractivity contribution is 5.90. The number of aromatic nitrogens is 1. The van der Waals surface area contributed by atoms with Crippen molar-refractivity contribution in [1.82, 2.24) is 9.88 Å². The van der Waals surface area contributed by atoms with Gasteiger partial charge in [-0.25, -0.2) is 9.78 Å². The van der Waals surface area contributed by atoms with Crippen molar-refractivity contribution >= 4 is 11.7 Å². The minimum absolute atomic E-state index is 0.279. The van der Waals surface area contributed by atoms with Crippen LogP contribution in [0.1, 0.15) is 6.42 Å². The summed E-state index contributed by atoms with van der Waals surface area (Å²) >= 11 is 0. The van der Waals surface area contributed by atoms with E-state index in [1.807, 2.05) is 0 Å². The molecule has 0 radical (unpaired) electrons. The Morgan fingerprint density at radius 1 is 1.29 bits per heavy atom. The standard InChI is InChI=1S/C17H19N3O4/c1-23-13-4-6-14(7-5-13)24-16-15(3-2-9-18-16)19-17(22)20-10-8-12(21)11-20/h2-7,9,12,21H,8,10-11H2,1H3,(H,19,22)/t12-/m0/s1. The molecule has 1 saturated heterocycles. The van der Waals surface area contributed by atoms with E-state index in [-0.39, 0.29) is 6.03 Å². The molecule has 2 N–H and O–H groups in total. The highest BCUT2D eigenvalue weighted by Crippen LogP contribution is 2.28. The third-order valence-electron chi connectivity index (χ3n) is 3.74. The minimum atomic E-state index is -0.459. The number of β-amino-alcohol motifs (C(OH)–C–C–N with tert-alkyl or cyclic N) is 1. The van der Waals surface area contributed by atoms with Gasteiger partial charge in [0.1, 0.15) is 17.2 Å². The van der Waals surface area contributed by atoms with E-state index in [9.17, 15) is 9.90 Å². The van der Waals surface area contributed by atoms with Crippen LogP contribution >= 0.6 is 0 Å². The predicted molar refractivity (Wildman–Crippen MR) is 88.5 cm³/mol. The SMILES string of the molecule is COc1ccc(Oc2ncccc2NC(=O)N2CC[C@H](O)C2)cc1. The number of aliphatic hydroxyl groups excluding tert-OH is 1. The van der Waals surface area contributed by atoms with E-state index in [1.54, 1.807) is 54.6 Å². The molecule has 1 aliphatic heterocycles. The normalized spacial score (nSPS) is 16.8. The van der Waals surface area contributed by atoms with Crippen LogP contribution in [0.2, 0.25) is 0 Å². The van der Waals surface area contributed by atoms with E-state index in [1.165, 1.54) is 0 Å². The van der Waals surface area contributed by atoms with Crippen LogP contribution in [-0.4, -0.2) is 47.3 Å². The molecule has 0 unspecified atom stereocenters. The maximum atomic E-state index is 12.3. The summed E-state index contributed by atoms with van der Waals surface area (Å²) in [5.74, 6) is 1.61. The number of hydrogen-bond donors (Lipinski definition) is 2. The molecule has 126 valence electrons. The Morgan fingerprint density at radius 2 is 2.04 bits per heavy atom. The number of hydrogen-bond acceptors (Lipinski definition) is 5. The maximum absolute atomic E-state index is 12.3. The van der Waals surface area contributed by atoms with E-state index in [0.29, 0.717) is 36.8 Å². The Balaban J connectivity index is 1.71. The van der Waals surface area contributed by atoms with Gasteiger partial charge in [0.05, 0.1) is 13.2 Å². The lowest BCUT2D eigenvalue weighted by Crippen LogP contribution is -2.33. The van der Waals surface area contributed by atoms with Crippen molar-refractivity contribution < 1.29 is 19.4 Å². The monoisotopic (exact) mass is 329 g/mol. The van der Waals surface area contributed by atoms with Crippen LogP contribution in [0.25, 0.3) is 0 Å². The number of rotatable bonds is 4. The number of ether oxygens (including phenoxy) is 2. The lowest BCUT2D eigenvalue weighted by atomic mass is 10.3. The Labute approximate surface area is 139 Å². The number of carbonyl (C=O) groups excluding carboxylic acids is 1. The third kappa shape index (κ3) is 3.75. The molecule has 0 aliphatic carbocycles. The van der Waals surface area contributed by atoms with Crippen LogP contribution in [-0.2, 0) is 0 Å². The summed E-state index contributed by atoms with van der Waals surface area (Å²) < 4.78 is 10.9. The number of carbonyl (C=O) groups is 1. The summed E-state index contributed by atoms with van der Waals surface area (Å²) in [6.45, 7) is 0.864. The first-order chi connectivity index (χ1) is 11.7. The zero-order valence-corrected chi connectivity index (χ0v) is 13.3. The van der Waals surface area contributed by atoms with Gasteiger partial charge in [0, 0.05) is 19.3 Å². The highest BCUT2D eigenvalue weighted by atomic mass is 16.5. The number of benzene rings is 1. The summed E-state index contributed by atoms with van der Waals surface area (Å²) in [6.07, 6.45) is 1.73. The van der Waals surface area contributed by atoms with Gasteiger partial charge in [0.15, 0.2) is 0 Å². The van der Waals surface area contributed by atoms with E-state index in [4.69, 9.17) is 9.47 Å². The minimum Gasteiger partial charge on any atom is -0.497 e. The smallest absolute Gasteiger partial charge is 0.322 e. The van der Waals surface area contributed by atoms with Crippen molar-refractivity contribution in [3.8, 4) is 17.4 Å². The van der Waals surface area contributed by atoms with Gasteiger partial charge in [-0.2, -0.15) is 0 Å². The Morgan fingerprint density at radius 3 is 2.71 bits per heavy atom. The number of methoxy groups -OCH3 is 1. The van der Waals surface area contributed by atoms with Gasteiger partial charge in [-0.05, 0) is 42.8 Å². The van der Waals surface area contributed by atoms with Crippen molar-refractivity contribution in [3.63, 3.8) is 0 Å². The number of amides is 2. The van der Waals surface area contributed by atoms with Crippen LogP contribution in [0, 0.1) is 0 Å². The number of pyridine rings is 1. The molecule has 1 aromatic carbocycles. The molecule has 0 spiro atoms. The molecule has 7 heteroatoms. The topological polar surface area (TPSA) is 83.9 Å². The first-order valence-corrected chi connectivity index (χ1v) is 7.66. The van der Waals surface area contributed by atoms with Gasteiger partial charge in [0.25, 0.3) is 0 Å². The fourth-order valence-corrected chi connectivity index (χ4v) is 2.44. The van der Waals surface area contributed by atoms with E-state index in [0.717, 1.165) is 5.75 Å². The fraction of sp³-hybridized carbons (Fsp3) is 0.294. The Hall–Kier alpha value is -2.80. The fourth-order valence-electron chi connectivity index (χ4n) is 2.44. The number of aliphatic hydroxyl groups is 1. The van der Waals surface area contributed by atoms with Crippen LogP contribution in [0.4, 0.5) is 10.5 Å². The second-order valence-corrected chi connectivity index (χ2v) is 5.45. The number of nitrogens with zero attached hydrogens (tertiary/aromatic N) is 2. The Kier molecular flexibility index (Phi) is 4.81. The molecule has 1 aromatic heterocycles. The van der Waals surface area contributed by atoms with Crippen LogP contribution < -0.4 is 14.8 Å². The molecule has 2 aromatic rings. The lowest BCUT2D eigenvalue weighted by molar-refractivity contribution is 0.176. The maximum Gasteiger partial charge on any atom is 0.322 e. The summed E-state index contributed by atoms with van der Waals surface area (Å²) in [7, 11) is 1.59. The molecule has 7 nitrogen and oxygen atoms in total. The third-order valence-corrected chi connectivity index (χ3v) is 3.74. The number of urea groups is 1. The lowest BCUT2D eigenvalue weighted by Gasteiger charge is -2.17. The molecule has 2 heterocycles. The molecule has 2 amide bonds. The van der Waals surface area contributed by atoms with Gasteiger partial charge in [0.2, 0.25) is 5.88 Å². The number of anilines is 1. The van der Waals surface area contributed by atoms with Crippen molar-refractivity contribution in [2.24, 2.45) is 0 Å². The summed E-state index contributed by atoms with van der Waals surface area (Å²) in [5, 5.41) is 12.3. The van der Waals surface area contributed by atoms with Gasteiger partial charge < -0.3 is 24.8 Å². The molecule has 1 atom stereocenters. The largest absolute Gasteiger partial charge is 0.497 e. The van der Waals surface area contributed by atoms with E-state index >= 15 is 0 Å². The molecule has 1 aliphatic rings. The Bertz CT molecular complexity index is 705. The molecule has 0 saturated carbocycles. The molecule has 24 heavy (non-hydrogen) atoms. The van der Waals surface area contributed by atoms with E-state index < -0.39 is 6.10 Å². The summed E-state index contributed by atoms with van der Waals surface area (Å²) in [5.41, 5.74) is 0.472. The van der Waals surface area contributed by atoms with Gasteiger partial charge in [-0.1, -0.05) is 0 Å². The zero-order chi connectivity index (χ0) is 16.9. The first kappa shape index (κ1) is 16.1. The van der Waals surface area contributed by atoms with Crippen molar-refractivity contribution in [2.75, 3.05) is 25.5 Å². The first-order valence-electron chi connectivity index (χ1n) is 7.66. The van der Waals surface area contributed by atoms with Gasteiger partial charge >= 0.3 is 6.03 Å². The molecular formula is C17H19N3O4. The summed E-state index contributed by atoms with van der Waals surface area (Å²) in [4.78, 5) is 18.0. The quantitative estimate of drug-likeness (QED) is 0.900. The predicted octanol–water partition coefficient (Wildman–Crippen LogP) is 2.48. The average molecular weight is 329 g/mol. The zero-order valence-electron chi connectivity index (χ0n) is 13.3. The van der Waals surface area contributed by atoms with Crippen LogP contribution in [0.15, 0.2) is 42.6 Å². The van der Waals surface area contributed by atoms with Crippen molar-refractivity contribution in [1.29, 1.82) is 0 Å². The molecule has 3 rings (SSSR count). The van der Waals surface area contributed by atoms with E-state index in [2.05, 4.69) is 10.3 Å². The number of nitrogens with one attached hydrogen (secondary N) is 1. The molecule has 1 fully saturated rings. The van der Waals surface area contributed by atoms with Gasteiger partial charge in [-0.3, -0.25) is 0 Å². The molecule has 0 bridgehead atoms. The second-order valence-electron chi connectivity index (χ2n) is 5.45. The highest BCUT2D eigenvalue weighted by Gasteiger charge is 2.25. The summed E-state index contributed by atoms with van der Waals surface area (Å²) in [6, 6.07) is 10.2. The number of likely N-dealkylation sites (tertiary alicyclic amines) is 1. The van der Waals surface area contributed by atoms with Crippen LogP contribution in [0.5, 0.6) is 17.4 Å².